The lowest BCUT2D eigenvalue weighted by atomic mass is 10.1. The minimum atomic E-state index is -0.261. The highest BCUT2D eigenvalue weighted by Gasteiger charge is 2.02. The number of hydrogen-bond donors (Lipinski definition) is 0. The van der Waals surface area contributed by atoms with Crippen LogP contribution in [-0.2, 0) is 0 Å². The maximum absolute atomic E-state index is 13.0. The van der Waals surface area contributed by atoms with Crippen LogP contribution in [-0.4, -0.2) is 6.72 Å². The summed E-state index contributed by atoms with van der Waals surface area (Å²) in [7, 11) is 0. The fourth-order valence-corrected chi connectivity index (χ4v) is 0.994. The van der Waals surface area contributed by atoms with Gasteiger partial charge in [0.1, 0.15) is 5.82 Å². The van der Waals surface area contributed by atoms with Crippen LogP contribution >= 0.6 is 0 Å². The largest absolute Gasteiger partial charge is 0.264 e. The number of nitrogens with zero attached hydrogens (tertiary/aromatic N) is 1. The van der Waals surface area contributed by atoms with Crippen LogP contribution in [0.15, 0.2) is 23.7 Å². The molecule has 0 bridgehead atoms. The molecule has 0 spiro atoms. The van der Waals surface area contributed by atoms with E-state index >= 15 is 0 Å². The van der Waals surface area contributed by atoms with E-state index in [9.17, 15) is 4.39 Å². The summed E-state index contributed by atoms with van der Waals surface area (Å²) in [6, 6.07) is 3.06. The van der Waals surface area contributed by atoms with Crippen LogP contribution in [0.5, 0.6) is 0 Å². The topological polar surface area (TPSA) is 12.4 Å². The van der Waals surface area contributed by atoms with Crippen molar-refractivity contribution >= 4 is 18.5 Å². The van der Waals surface area contributed by atoms with Gasteiger partial charge in [-0.2, -0.15) is 0 Å². The van der Waals surface area contributed by atoms with Crippen molar-refractivity contribution in [3.8, 4) is 0 Å². The zero-order chi connectivity index (χ0) is 9.14. The number of rotatable bonds is 2. The van der Waals surface area contributed by atoms with Crippen molar-refractivity contribution in [3.63, 3.8) is 0 Å². The Kier molecular flexibility index (Phi) is 2.38. The van der Waals surface area contributed by atoms with E-state index in [0.29, 0.717) is 11.3 Å². The first kappa shape index (κ1) is 8.65. The Hall–Kier alpha value is -1.44. The third-order valence-electron chi connectivity index (χ3n) is 1.70. The molecule has 0 N–H and O–H groups in total. The average molecular weight is 163 g/mol. The summed E-state index contributed by atoms with van der Waals surface area (Å²) in [5, 5.41) is 0. The molecule has 0 saturated heterocycles. The Morgan fingerprint density at radius 3 is 2.67 bits per heavy atom. The summed E-state index contributed by atoms with van der Waals surface area (Å²) < 4.78 is 13.0. The minimum absolute atomic E-state index is 0.261. The standard InChI is InChI=1S/C10H10FN/c1-4-8-5-7(2)9(11)6-10(8)12-3/h4-6H,1,3H2,2H3. The molecule has 62 valence electrons. The molecule has 12 heavy (non-hydrogen) atoms. The maximum atomic E-state index is 13.0. The fourth-order valence-electron chi connectivity index (χ4n) is 0.994. The normalized spacial score (nSPS) is 9.50. The summed E-state index contributed by atoms with van der Waals surface area (Å²) in [6.45, 7) is 8.65. The van der Waals surface area contributed by atoms with Gasteiger partial charge in [0.15, 0.2) is 0 Å². The molecular weight excluding hydrogens is 153 g/mol. The van der Waals surface area contributed by atoms with Crippen LogP contribution in [0.3, 0.4) is 0 Å². The Balaban J connectivity index is 3.37. The molecule has 0 aliphatic heterocycles. The molecule has 0 unspecified atom stereocenters. The van der Waals surface area contributed by atoms with Crippen LogP contribution in [0.1, 0.15) is 11.1 Å². The highest BCUT2D eigenvalue weighted by molar-refractivity contribution is 5.65. The highest BCUT2D eigenvalue weighted by atomic mass is 19.1. The Morgan fingerprint density at radius 2 is 2.17 bits per heavy atom. The molecule has 0 amide bonds. The van der Waals surface area contributed by atoms with Crippen LogP contribution in [0, 0.1) is 12.7 Å². The van der Waals surface area contributed by atoms with Gasteiger partial charge in [-0.3, -0.25) is 4.99 Å². The minimum Gasteiger partial charge on any atom is -0.264 e. The lowest BCUT2D eigenvalue weighted by Crippen LogP contribution is -1.84. The smallest absolute Gasteiger partial charge is 0.128 e. The molecule has 0 atom stereocenters. The number of halogens is 1. The first-order valence-electron chi connectivity index (χ1n) is 3.58. The van der Waals surface area contributed by atoms with Gasteiger partial charge in [0, 0.05) is 6.07 Å². The van der Waals surface area contributed by atoms with E-state index in [1.54, 1.807) is 19.1 Å². The Bertz CT molecular complexity index is 296. The molecule has 0 radical (unpaired) electrons. The predicted molar refractivity (Wildman–Crippen MR) is 50.4 cm³/mol. The lowest BCUT2D eigenvalue weighted by molar-refractivity contribution is 0.619. The first-order chi connectivity index (χ1) is 5.69. The maximum Gasteiger partial charge on any atom is 0.128 e. The van der Waals surface area contributed by atoms with Gasteiger partial charge in [-0.05, 0) is 30.8 Å². The van der Waals surface area contributed by atoms with Crippen molar-refractivity contribution in [2.45, 2.75) is 6.92 Å². The quantitative estimate of drug-likeness (QED) is 0.594. The van der Waals surface area contributed by atoms with E-state index in [0.717, 1.165) is 5.56 Å². The molecule has 0 aliphatic carbocycles. The molecule has 0 fully saturated rings. The van der Waals surface area contributed by atoms with Gasteiger partial charge in [0.2, 0.25) is 0 Å². The van der Waals surface area contributed by atoms with E-state index in [4.69, 9.17) is 0 Å². The molecule has 0 aliphatic rings. The number of benzene rings is 1. The Labute approximate surface area is 71.3 Å². The highest BCUT2D eigenvalue weighted by Crippen LogP contribution is 2.23. The Morgan fingerprint density at radius 1 is 1.50 bits per heavy atom. The third kappa shape index (κ3) is 1.42. The first-order valence-corrected chi connectivity index (χ1v) is 3.58. The van der Waals surface area contributed by atoms with Gasteiger partial charge >= 0.3 is 0 Å². The zero-order valence-corrected chi connectivity index (χ0v) is 6.97. The van der Waals surface area contributed by atoms with E-state index in [2.05, 4.69) is 18.3 Å². The molecule has 0 aromatic heterocycles. The van der Waals surface area contributed by atoms with Crippen molar-refractivity contribution in [1.29, 1.82) is 0 Å². The summed E-state index contributed by atoms with van der Waals surface area (Å²) >= 11 is 0. The van der Waals surface area contributed by atoms with Gasteiger partial charge in [-0.15, -0.1) is 0 Å². The van der Waals surface area contributed by atoms with Crippen LogP contribution in [0.4, 0.5) is 10.1 Å². The molecule has 0 saturated carbocycles. The summed E-state index contributed by atoms with van der Waals surface area (Å²) in [5.41, 5.74) is 1.94. The molecular formula is C10H10FN. The second kappa shape index (κ2) is 3.30. The van der Waals surface area contributed by atoms with Gasteiger partial charge in [0.25, 0.3) is 0 Å². The van der Waals surface area contributed by atoms with Crippen LogP contribution < -0.4 is 0 Å². The van der Waals surface area contributed by atoms with Crippen LogP contribution in [0.25, 0.3) is 6.08 Å². The van der Waals surface area contributed by atoms with Crippen LogP contribution in [0.2, 0.25) is 0 Å². The van der Waals surface area contributed by atoms with Gasteiger partial charge < -0.3 is 0 Å². The second-order valence-electron chi connectivity index (χ2n) is 2.52. The SMILES string of the molecule is C=Cc1cc(C)c(F)cc1N=C. The third-order valence-corrected chi connectivity index (χ3v) is 1.70. The van der Waals surface area contributed by atoms with Gasteiger partial charge in [0.05, 0.1) is 5.69 Å². The van der Waals surface area contributed by atoms with E-state index < -0.39 is 0 Å². The van der Waals surface area contributed by atoms with Gasteiger partial charge in [-0.1, -0.05) is 12.7 Å². The second-order valence-corrected chi connectivity index (χ2v) is 2.52. The van der Waals surface area contributed by atoms with E-state index in [1.807, 2.05) is 0 Å². The summed E-state index contributed by atoms with van der Waals surface area (Å²) in [4.78, 5) is 3.68. The van der Waals surface area contributed by atoms with Crippen molar-refractivity contribution < 1.29 is 4.39 Å². The predicted octanol–water partition coefficient (Wildman–Crippen LogP) is 3.11. The lowest BCUT2D eigenvalue weighted by Gasteiger charge is -2.02. The summed E-state index contributed by atoms with van der Waals surface area (Å²) in [5.74, 6) is -0.261. The molecule has 1 aromatic carbocycles. The fraction of sp³-hybridized carbons (Fsp3) is 0.100. The number of hydrogen-bond acceptors (Lipinski definition) is 1. The number of aliphatic imine (C=N–C) groups is 1. The van der Waals surface area contributed by atoms with E-state index in [-0.39, 0.29) is 5.82 Å². The van der Waals surface area contributed by atoms with E-state index in [1.165, 1.54) is 6.07 Å². The molecule has 1 aromatic rings. The monoisotopic (exact) mass is 163 g/mol. The van der Waals surface area contributed by atoms with Crippen molar-refractivity contribution in [1.82, 2.24) is 0 Å². The average Bonchev–Trinajstić information content (AvgIpc) is 2.09. The van der Waals surface area contributed by atoms with Gasteiger partial charge in [-0.25, -0.2) is 4.39 Å². The molecule has 1 rings (SSSR count). The number of aryl methyl sites for hydroxylation is 1. The van der Waals surface area contributed by atoms with Crippen molar-refractivity contribution in [2.75, 3.05) is 0 Å². The van der Waals surface area contributed by atoms with Crippen molar-refractivity contribution in [3.05, 3.63) is 35.7 Å². The van der Waals surface area contributed by atoms with Crippen molar-refractivity contribution in [2.24, 2.45) is 4.99 Å². The molecule has 0 heterocycles. The summed E-state index contributed by atoms with van der Waals surface area (Å²) in [6.07, 6.45) is 1.64. The molecule has 1 nitrogen and oxygen atoms in total. The molecule has 2 heteroatoms. The zero-order valence-electron chi connectivity index (χ0n) is 6.97.